The molecule has 0 saturated heterocycles. The molecule has 4 rings (SSSR count). The van der Waals surface area contributed by atoms with Crippen LogP contribution in [0.1, 0.15) is 20.7 Å². The van der Waals surface area contributed by atoms with Crippen LogP contribution in [-0.4, -0.2) is 12.6 Å². The third-order valence-corrected chi connectivity index (χ3v) is 4.25. The fourth-order valence-electron chi connectivity index (χ4n) is 2.58. The second kappa shape index (κ2) is 12.7. The molecule has 166 valence electrons. The largest absolute Gasteiger partial charge is 2.00 e. The first-order valence-corrected chi connectivity index (χ1v) is 9.57. The maximum Gasteiger partial charge on any atom is 2.00 e. The van der Waals surface area contributed by atoms with Gasteiger partial charge in [-0.1, -0.05) is 72.9 Å². The van der Waals surface area contributed by atoms with Crippen molar-refractivity contribution in [2.45, 2.75) is 0 Å². The molecule has 2 aromatic rings. The Balaban J connectivity index is 0.000000227. The number of rotatable bonds is 6. The van der Waals surface area contributed by atoms with E-state index in [1.165, 1.54) is 0 Å². The van der Waals surface area contributed by atoms with E-state index in [4.69, 9.17) is 9.47 Å². The summed E-state index contributed by atoms with van der Waals surface area (Å²) in [7, 11) is 0. The van der Waals surface area contributed by atoms with Crippen molar-refractivity contribution in [3.8, 4) is 11.5 Å². The first kappa shape index (κ1) is 25.2. The van der Waals surface area contributed by atoms with Gasteiger partial charge in [0.2, 0.25) is 0 Å². The molecule has 0 saturated carbocycles. The SMILES string of the molecule is O=Cc1ccc(OC([O-])=C2C=CC=C2)cc1.O=Cc1ccc(OC([O-])=C2C=CC=C2)cc1.[Fe+2]. The molecule has 0 spiro atoms. The van der Waals surface area contributed by atoms with Crippen LogP contribution in [0, 0.1) is 0 Å². The minimum absolute atomic E-state index is 0. The zero-order chi connectivity index (χ0) is 22.8. The normalized spacial score (nSPS) is 12.5. The van der Waals surface area contributed by atoms with Gasteiger partial charge >= 0.3 is 17.1 Å². The summed E-state index contributed by atoms with van der Waals surface area (Å²) < 4.78 is 10.2. The van der Waals surface area contributed by atoms with Crippen LogP contribution >= 0.6 is 0 Å². The number of hydrogen-bond donors (Lipinski definition) is 0. The maximum atomic E-state index is 11.5. The van der Waals surface area contributed by atoms with Gasteiger partial charge < -0.3 is 19.7 Å². The van der Waals surface area contributed by atoms with Gasteiger partial charge in [0.05, 0.1) is 11.9 Å². The zero-order valence-corrected chi connectivity index (χ0v) is 18.3. The van der Waals surface area contributed by atoms with E-state index in [2.05, 4.69) is 0 Å². The molecular weight excluding hydrogens is 464 g/mol. The molecule has 6 nitrogen and oxygen atoms in total. The monoisotopic (exact) mass is 482 g/mol. The van der Waals surface area contributed by atoms with E-state index < -0.39 is 11.9 Å². The Kier molecular flexibility index (Phi) is 9.71. The van der Waals surface area contributed by atoms with Gasteiger partial charge in [0.25, 0.3) is 0 Å². The van der Waals surface area contributed by atoms with Crippen LogP contribution in [0.3, 0.4) is 0 Å². The summed E-state index contributed by atoms with van der Waals surface area (Å²) in [4.78, 5) is 20.8. The van der Waals surface area contributed by atoms with E-state index in [1.54, 1.807) is 97.1 Å². The summed E-state index contributed by atoms with van der Waals surface area (Å²) in [6.07, 6.45) is 15.3. The fraction of sp³-hybridized carbons (Fsp3) is 0. The summed E-state index contributed by atoms with van der Waals surface area (Å²) in [6, 6.07) is 12.7. The molecule has 0 unspecified atom stereocenters. The smallest absolute Gasteiger partial charge is 0.579 e. The van der Waals surface area contributed by atoms with E-state index in [0.29, 0.717) is 33.8 Å². The van der Waals surface area contributed by atoms with E-state index >= 15 is 0 Å². The molecule has 0 aromatic heterocycles. The molecule has 7 heteroatoms. The van der Waals surface area contributed by atoms with Gasteiger partial charge in [0.1, 0.15) is 12.6 Å². The summed E-state index contributed by atoms with van der Waals surface area (Å²) in [6.45, 7) is 0. The predicted octanol–water partition coefficient (Wildman–Crippen LogP) is 3.15. The Hall–Kier alpha value is -4.06. The number of carbonyl (C=O) groups excluding carboxylic acids is 2. The van der Waals surface area contributed by atoms with Crippen molar-refractivity contribution in [2.24, 2.45) is 0 Å². The average Bonchev–Trinajstić information content (AvgIpc) is 3.55. The number of benzene rings is 2. The maximum absolute atomic E-state index is 11.5. The first-order valence-electron chi connectivity index (χ1n) is 9.57. The molecule has 0 N–H and O–H groups in total. The molecule has 0 atom stereocenters. The van der Waals surface area contributed by atoms with Crippen LogP contribution in [0.2, 0.25) is 0 Å². The van der Waals surface area contributed by atoms with Gasteiger partial charge in [0.15, 0.2) is 0 Å². The van der Waals surface area contributed by atoms with Crippen LogP contribution in [0.25, 0.3) is 0 Å². The Bertz CT molecular complexity index is 1030. The number of carbonyl (C=O) groups is 2. The Morgan fingerprint density at radius 2 is 0.879 bits per heavy atom. The topological polar surface area (TPSA) is 98.7 Å². The van der Waals surface area contributed by atoms with Crippen molar-refractivity contribution in [3.63, 3.8) is 0 Å². The minimum Gasteiger partial charge on any atom is -0.579 e. The van der Waals surface area contributed by atoms with Gasteiger partial charge in [0, 0.05) is 22.6 Å². The molecule has 2 aromatic carbocycles. The van der Waals surface area contributed by atoms with Gasteiger partial charge in [-0.05, 0) is 35.4 Å². The number of ether oxygens (including phenoxy) is 2. The van der Waals surface area contributed by atoms with E-state index in [9.17, 15) is 19.8 Å². The van der Waals surface area contributed by atoms with Gasteiger partial charge in [-0.3, -0.25) is 9.59 Å². The van der Waals surface area contributed by atoms with Crippen molar-refractivity contribution in [1.29, 1.82) is 0 Å². The second-order valence-corrected chi connectivity index (χ2v) is 6.50. The predicted molar refractivity (Wildman–Crippen MR) is 116 cm³/mol. The Morgan fingerprint density at radius 3 is 1.15 bits per heavy atom. The number of hydrogen-bond acceptors (Lipinski definition) is 6. The van der Waals surface area contributed by atoms with Crippen LogP contribution in [-0.2, 0) is 17.1 Å². The summed E-state index contributed by atoms with van der Waals surface area (Å²) in [5, 5.41) is 23.1. The summed E-state index contributed by atoms with van der Waals surface area (Å²) in [5.41, 5.74) is 2.13. The Morgan fingerprint density at radius 1 is 0.576 bits per heavy atom. The quantitative estimate of drug-likeness (QED) is 0.357. The molecule has 2 aliphatic carbocycles. The van der Waals surface area contributed by atoms with Crippen LogP contribution in [0.5, 0.6) is 11.5 Å². The van der Waals surface area contributed by atoms with Crippen LogP contribution < -0.4 is 19.7 Å². The summed E-state index contributed by atoms with van der Waals surface area (Å²) in [5.74, 6) is 0.0568. The van der Waals surface area contributed by atoms with Crippen molar-refractivity contribution in [1.82, 2.24) is 0 Å². The van der Waals surface area contributed by atoms with Crippen LogP contribution in [0.4, 0.5) is 0 Å². The van der Waals surface area contributed by atoms with Crippen molar-refractivity contribution in [2.75, 3.05) is 0 Å². The second-order valence-electron chi connectivity index (χ2n) is 6.50. The molecule has 0 heterocycles. The third kappa shape index (κ3) is 7.54. The van der Waals surface area contributed by atoms with E-state index in [-0.39, 0.29) is 17.1 Å². The third-order valence-electron chi connectivity index (χ3n) is 4.25. The molecule has 0 fully saturated rings. The standard InChI is InChI=1S/2C13H10O3.Fe/c2*14-9-10-5-7-12(8-6-10)16-13(15)11-3-1-2-4-11;/h2*1-9,15H;/q;;+2/p-2. The molecular formula is C26H18FeO6. The van der Waals surface area contributed by atoms with Gasteiger partial charge in [-0.25, -0.2) is 0 Å². The van der Waals surface area contributed by atoms with Crippen molar-refractivity contribution >= 4 is 12.6 Å². The fourth-order valence-corrected chi connectivity index (χ4v) is 2.58. The number of aldehydes is 2. The van der Waals surface area contributed by atoms with E-state index in [0.717, 1.165) is 12.6 Å². The molecule has 0 radical (unpaired) electrons. The minimum atomic E-state index is -0.399. The average molecular weight is 482 g/mol. The first-order chi connectivity index (χ1) is 15.6. The van der Waals surface area contributed by atoms with Gasteiger partial charge in [-0.15, -0.1) is 0 Å². The molecule has 2 aliphatic rings. The van der Waals surface area contributed by atoms with Crippen molar-refractivity contribution in [3.05, 3.63) is 131 Å². The van der Waals surface area contributed by atoms with Gasteiger partial charge in [-0.2, -0.15) is 0 Å². The Labute approximate surface area is 201 Å². The molecule has 0 bridgehead atoms. The zero-order valence-electron chi connectivity index (χ0n) is 17.2. The molecule has 0 amide bonds. The summed E-state index contributed by atoms with van der Waals surface area (Å²) >= 11 is 0. The van der Waals surface area contributed by atoms with Crippen LogP contribution in [0.15, 0.2) is 120 Å². The van der Waals surface area contributed by atoms with Crippen molar-refractivity contribution < 1.29 is 46.3 Å². The molecule has 33 heavy (non-hydrogen) atoms. The molecule has 0 aliphatic heterocycles. The number of allylic oxidation sites excluding steroid dienone is 10. The van der Waals surface area contributed by atoms with E-state index in [1.807, 2.05) is 0 Å².